The molecule has 0 aliphatic carbocycles. The zero-order chi connectivity index (χ0) is 10.9. The average Bonchev–Trinajstić information content (AvgIpc) is 2.30. The first-order chi connectivity index (χ1) is 7.34. The minimum atomic E-state index is 0.0283. The normalized spacial score (nSPS) is 21.3. The van der Waals surface area contributed by atoms with Crippen molar-refractivity contribution in [3.63, 3.8) is 0 Å². The highest BCUT2D eigenvalue weighted by Gasteiger charge is 2.19. The van der Waals surface area contributed by atoms with E-state index in [0.717, 1.165) is 25.9 Å². The minimum Gasteiger partial charge on any atom is -0.394 e. The summed E-state index contributed by atoms with van der Waals surface area (Å²) in [7, 11) is 0. The Morgan fingerprint density at radius 2 is 2.40 bits per heavy atom. The zero-order valence-electron chi connectivity index (χ0n) is 9.00. The van der Waals surface area contributed by atoms with Crippen LogP contribution in [0, 0.1) is 5.92 Å². The van der Waals surface area contributed by atoms with Gasteiger partial charge in [-0.2, -0.15) is 0 Å². The summed E-state index contributed by atoms with van der Waals surface area (Å²) in [5.74, 6) is 0.214. The number of aliphatic hydroxyl groups is 1. The molecule has 1 unspecified atom stereocenters. The molecule has 0 spiro atoms. The first-order valence-electron chi connectivity index (χ1n) is 5.51. The van der Waals surface area contributed by atoms with Crippen molar-refractivity contribution in [2.75, 3.05) is 39.5 Å². The largest absolute Gasteiger partial charge is 0.394 e. The topological polar surface area (TPSA) is 70.6 Å². The average molecular weight is 216 g/mol. The van der Waals surface area contributed by atoms with Crippen LogP contribution in [0.5, 0.6) is 0 Å². The van der Waals surface area contributed by atoms with Crippen molar-refractivity contribution in [3.8, 4) is 0 Å². The fourth-order valence-corrected chi connectivity index (χ4v) is 1.63. The van der Waals surface area contributed by atoms with E-state index in [9.17, 15) is 4.79 Å². The fourth-order valence-electron chi connectivity index (χ4n) is 1.63. The maximum Gasteiger partial charge on any atom is 0.224 e. The molecule has 1 aliphatic rings. The Balaban J connectivity index is 2.02. The molecule has 3 N–H and O–H groups in total. The molecule has 1 rings (SSSR count). The molecule has 1 amide bonds. The first kappa shape index (κ1) is 12.4. The van der Waals surface area contributed by atoms with Crippen LogP contribution in [0.4, 0.5) is 0 Å². The Hall–Kier alpha value is -0.650. The molecule has 0 aromatic rings. The maximum atomic E-state index is 11.6. The number of hydrogen-bond donors (Lipinski definition) is 3. The Labute approximate surface area is 90.2 Å². The van der Waals surface area contributed by atoms with Crippen LogP contribution in [0.25, 0.3) is 0 Å². The highest BCUT2D eigenvalue weighted by atomic mass is 16.5. The predicted molar refractivity (Wildman–Crippen MR) is 56.5 cm³/mol. The minimum absolute atomic E-state index is 0.0283. The Morgan fingerprint density at radius 3 is 3.07 bits per heavy atom. The van der Waals surface area contributed by atoms with Gasteiger partial charge in [-0.05, 0) is 19.4 Å². The lowest BCUT2D eigenvalue weighted by atomic mass is 9.99. The van der Waals surface area contributed by atoms with Crippen molar-refractivity contribution in [3.05, 3.63) is 0 Å². The van der Waals surface area contributed by atoms with Gasteiger partial charge in [-0.1, -0.05) is 0 Å². The van der Waals surface area contributed by atoms with Gasteiger partial charge in [-0.3, -0.25) is 4.79 Å². The molecule has 0 aromatic carbocycles. The van der Waals surface area contributed by atoms with Crippen LogP contribution < -0.4 is 10.6 Å². The number of nitrogens with one attached hydrogen (secondary N) is 2. The van der Waals surface area contributed by atoms with Gasteiger partial charge in [-0.15, -0.1) is 0 Å². The van der Waals surface area contributed by atoms with E-state index in [4.69, 9.17) is 9.84 Å². The highest BCUT2D eigenvalue weighted by molar-refractivity contribution is 5.78. The van der Waals surface area contributed by atoms with Crippen molar-refractivity contribution in [1.82, 2.24) is 10.6 Å². The van der Waals surface area contributed by atoms with Gasteiger partial charge < -0.3 is 20.5 Å². The van der Waals surface area contributed by atoms with E-state index in [1.807, 2.05) is 0 Å². The van der Waals surface area contributed by atoms with Gasteiger partial charge >= 0.3 is 0 Å². The standard InChI is InChI=1S/C10H20N2O3/c13-5-7-15-6-4-12-10(14)9-2-1-3-11-8-9/h9,11,13H,1-8H2,(H,12,14). The second-order valence-electron chi connectivity index (χ2n) is 3.67. The van der Waals surface area contributed by atoms with Crippen LogP contribution >= 0.6 is 0 Å². The first-order valence-corrected chi connectivity index (χ1v) is 5.51. The van der Waals surface area contributed by atoms with Gasteiger partial charge in [0.2, 0.25) is 5.91 Å². The fraction of sp³-hybridized carbons (Fsp3) is 0.900. The highest BCUT2D eigenvalue weighted by Crippen LogP contribution is 2.09. The summed E-state index contributed by atoms with van der Waals surface area (Å²) in [6, 6.07) is 0. The smallest absolute Gasteiger partial charge is 0.224 e. The van der Waals surface area contributed by atoms with Crippen molar-refractivity contribution < 1.29 is 14.6 Å². The molecule has 1 saturated heterocycles. The summed E-state index contributed by atoms with van der Waals surface area (Å²) >= 11 is 0. The van der Waals surface area contributed by atoms with E-state index < -0.39 is 0 Å². The van der Waals surface area contributed by atoms with Crippen molar-refractivity contribution in [1.29, 1.82) is 0 Å². The van der Waals surface area contributed by atoms with Crippen molar-refractivity contribution in [2.24, 2.45) is 5.92 Å². The lowest BCUT2D eigenvalue weighted by Gasteiger charge is -2.21. The molecule has 0 bridgehead atoms. The molecular weight excluding hydrogens is 196 g/mol. The van der Waals surface area contributed by atoms with E-state index in [1.54, 1.807) is 0 Å². The molecule has 1 aliphatic heterocycles. The van der Waals surface area contributed by atoms with Crippen LogP contribution in [0.1, 0.15) is 12.8 Å². The lowest BCUT2D eigenvalue weighted by molar-refractivity contribution is -0.125. The summed E-state index contributed by atoms with van der Waals surface area (Å²) < 4.78 is 5.04. The molecule has 0 radical (unpaired) electrons. The number of carbonyl (C=O) groups excluding carboxylic acids is 1. The number of piperidine rings is 1. The second kappa shape index (κ2) is 7.62. The predicted octanol–water partition coefficient (Wildman–Crippen LogP) is -0.889. The third kappa shape index (κ3) is 5.11. The molecular formula is C10H20N2O3. The number of rotatable bonds is 6. The van der Waals surface area contributed by atoms with Gasteiger partial charge in [0, 0.05) is 13.1 Å². The Kier molecular flexibility index (Phi) is 6.31. The summed E-state index contributed by atoms with van der Waals surface area (Å²) in [5.41, 5.74) is 0. The van der Waals surface area contributed by atoms with Crippen molar-refractivity contribution >= 4 is 5.91 Å². The summed E-state index contributed by atoms with van der Waals surface area (Å²) in [6.45, 7) is 3.15. The monoisotopic (exact) mass is 216 g/mol. The second-order valence-corrected chi connectivity index (χ2v) is 3.67. The Morgan fingerprint density at radius 1 is 1.53 bits per heavy atom. The molecule has 5 nitrogen and oxygen atoms in total. The quantitative estimate of drug-likeness (QED) is 0.504. The molecule has 0 saturated carbocycles. The number of amides is 1. The summed E-state index contributed by atoms with van der Waals surface area (Å²) in [5, 5.41) is 14.5. The van der Waals surface area contributed by atoms with Crippen LogP contribution in [0.15, 0.2) is 0 Å². The number of carbonyl (C=O) groups is 1. The van der Waals surface area contributed by atoms with Crippen molar-refractivity contribution in [2.45, 2.75) is 12.8 Å². The molecule has 88 valence electrons. The maximum absolute atomic E-state index is 11.6. The molecule has 1 atom stereocenters. The van der Waals surface area contributed by atoms with E-state index >= 15 is 0 Å². The van der Waals surface area contributed by atoms with Crippen LogP contribution in [0.2, 0.25) is 0 Å². The van der Waals surface area contributed by atoms with Gasteiger partial charge in [-0.25, -0.2) is 0 Å². The summed E-state index contributed by atoms with van der Waals surface area (Å²) in [4.78, 5) is 11.6. The lowest BCUT2D eigenvalue weighted by Crippen LogP contribution is -2.41. The van der Waals surface area contributed by atoms with E-state index in [1.165, 1.54) is 0 Å². The third-order valence-corrected chi connectivity index (χ3v) is 2.45. The van der Waals surface area contributed by atoms with Gasteiger partial charge in [0.15, 0.2) is 0 Å². The zero-order valence-corrected chi connectivity index (χ0v) is 9.00. The Bertz CT molecular complexity index is 182. The summed E-state index contributed by atoms with van der Waals surface area (Å²) in [6.07, 6.45) is 2.04. The molecule has 5 heteroatoms. The van der Waals surface area contributed by atoms with E-state index in [0.29, 0.717) is 19.8 Å². The molecule has 1 fully saturated rings. The van der Waals surface area contributed by atoms with Crippen LogP contribution in [0.3, 0.4) is 0 Å². The number of ether oxygens (including phenoxy) is 1. The molecule has 1 heterocycles. The van der Waals surface area contributed by atoms with Gasteiger partial charge in [0.25, 0.3) is 0 Å². The van der Waals surface area contributed by atoms with E-state index in [-0.39, 0.29) is 18.4 Å². The van der Waals surface area contributed by atoms with E-state index in [2.05, 4.69) is 10.6 Å². The van der Waals surface area contributed by atoms with Crippen LogP contribution in [-0.2, 0) is 9.53 Å². The third-order valence-electron chi connectivity index (χ3n) is 2.45. The van der Waals surface area contributed by atoms with Gasteiger partial charge in [0.1, 0.15) is 0 Å². The van der Waals surface area contributed by atoms with Crippen LogP contribution in [-0.4, -0.2) is 50.5 Å². The SMILES string of the molecule is O=C(NCCOCCO)C1CCCNC1. The molecule has 15 heavy (non-hydrogen) atoms. The number of hydrogen-bond acceptors (Lipinski definition) is 4. The molecule has 0 aromatic heterocycles. The van der Waals surface area contributed by atoms with Gasteiger partial charge in [0.05, 0.1) is 25.7 Å². The number of aliphatic hydroxyl groups excluding tert-OH is 1.